The second kappa shape index (κ2) is 5.24. The van der Waals surface area contributed by atoms with Gasteiger partial charge in [0.15, 0.2) is 0 Å². The molecule has 0 radical (unpaired) electrons. The molecule has 1 aromatic carbocycles. The van der Waals surface area contributed by atoms with E-state index in [0.29, 0.717) is 5.75 Å². The Hall–Kier alpha value is -0.550. The lowest BCUT2D eigenvalue weighted by atomic mass is 10.2. The van der Waals surface area contributed by atoms with Crippen LogP contribution in [0.3, 0.4) is 0 Å². The Kier molecular flexibility index (Phi) is 4.24. The molecule has 0 fully saturated rings. The van der Waals surface area contributed by atoms with Crippen LogP contribution in [0, 0.1) is 0 Å². The Morgan fingerprint density at radius 3 is 2.08 bits per heavy atom. The van der Waals surface area contributed by atoms with Crippen molar-refractivity contribution >= 4 is 7.92 Å². The highest BCUT2D eigenvalue weighted by Crippen LogP contribution is 2.38. The summed E-state index contributed by atoms with van der Waals surface area (Å²) in [5, 5.41) is 9.11. The fourth-order valence-corrected chi connectivity index (χ4v) is 2.93. The fourth-order valence-electron chi connectivity index (χ4n) is 1.31. The second-order valence-electron chi connectivity index (χ2n) is 3.13. The maximum absolute atomic E-state index is 9.11. The number of hydrogen-bond acceptors (Lipinski definition) is 1. The van der Waals surface area contributed by atoms with Gasteiger partial charge in [-0.3, -0.25) is 0 Å². The third-order valence-corrected chi connectivity index (χ3v) is 4.84. The molecule has 1 nitrogen and oxygen atoms in total. The minimum atomic E-state index is 0.176. The van der Waals surface area contributed by atoms with Gasteiger partial charge in [0.25, 0.3) is 0 Å². The van der Waals surface area contributed by atoms with E-state index >= 15 is 0 Å². The minimum Gasteiger partial charge on any atom is -0.508 e. The summed E-state index contributed by atoms with van der Waals surface area (Å²) in [6, 6.07) is 7.59. The van der Waals surface area contributed by atoms with Crippen molar-refractivity contribution in [3.63, 3.8) is 0 Å². The molecule has 1 N–H and O–H groups in total. The van der Waals surface area contributed by atoms with Crippen LogP contribution >= 0.6 is 7.92 Å². The normalized spacial score (nSPS) is 10.7. The third-order valence-electron chi connectivity index (χ3n) is 2.24. The van der Waals surface area contributed by atoms with Gasteiger partial charge in [0, 0.05) is 0 Å². The molecule has 0 saturated heterocycles. The van der Waals surface area contributed by atoms with Crippen LogP contribution in [0.1, 0.15) is 19.4 Å². The van der Waals surface area contributed by atoms with Crippen LogP contribution in [0.15, 0.2) is 24.3 Å². The maximum atomic E-state index is 9.11. The van der Waals surface area contributed by atoms with Gasteiger partial charge in [-0.05, 0) is 36.2 Å². The first kappa shape index (κ1) is 10.5. The van der Waals surface area contributed by atoms with Crippen molar-refractivity contribution in [1.29, 1.82) is 0 Å². The lowest BCUT2D eigenvalue weighted by molar-refractivity contribution is 0.475. The summed E-state index contributed by atoms with van der Waals surface area (Å²) in [4.78, 5) is 0. The minimum absolute atomic E-state index is 0.176. The van der Waals surface area contributed by atoms with Gasteiger partial charge in [-0.15, -0.1) is 7.92 Å². The molecule has 0 bridgehead atoms. The van der Waals surface area contributed by atoms with E-state index in [1.54, 1.807) is 12.1 Å². The first-order valence-corrected chi connectivity index (χ1v) is 6.66. The zero-order chi connectivity index (χ0) is 9.68. The lowest BCUT2D eigenvalue weighted by Crippen LogP contribution is -1.88. The molecule has 13 heavy (non-hydrogen) atoms. The SMILES string of the molecule is CCP(CC)Cc1ccc(O)cc1. The van der Waals surface area contributed by atoms with Crippen LogP contribution in [0.4, 0.5) is 0 Å². The van der Waals surface area contributed by atoms with Gasteiger partial charge in [0.1, 0.15) is 5.75 Å². The number of benzene rings is 1. The summed E-state index contributed by atoms with van der Waals surface area (Å²) in [5.41, 5.74) is 1.35. The lowest BCUT2D eigenvalue weighted by Gasteiger charge is -2.12. The van der Waals surface area contributed by atoms with Gasteiger partial charge >= 0.3 is 0 Å². The molecule has 0 aliphatic heterocycles. The predicted octanol–water partition coefficient (Wildman–Crippen LogP) is 3.41. The van der Waals surface area contributed by atoms with Crippen LogP contribution in [0.25, 0.3) is 0 Å². The second-order valence-corrected chi connectivity index (χ2v) is 6.05. The largest absolute Gasteiger partial charge is 0.508 e. The Balaban J connectivity index is 2.58. The monoisotopic (exact) mass is 196 g/mol. The molecule has 0 saturated carbocycles. The van der Waals surface area contributed by atoms with Crippen LogP contribution in [0.2, 0.25) is 0 Å². The van der Waals surface area contributed by atoms with Gasteiger partial charge in [-0.25, -0.2) is 0 Å². The van der Waals surface area contributed by atoms with E-state index in [4.69, 9.17) is 5.11 Å². The number of phenolic OH excluding ortho intramolecular Hbond substituents is 1. The molecule has 0 amide bonds. The van der Waals surface area contributed by atoms with Crippen molar-refractivity contribution in [2.75, 3.05) is 12.3 Å². The molecule has 1 aromatic rings. The third kappa shape index (κ3) is 3.36. The van der Waals surface area contributed by atoms with Crippen LogP contribution in [-0.4, -0.2) is 17.4 Å². The highest BCUT2D eigenvalue weighted by Gasteiger charge is 2.03. The van der Waals surface area contributed by atoms with Gasteiger partial charge in [-0.2, -0.15) is 0 Å². The Morgan fingerprint density at radius 2 is 1.62 bits per heavy atom. The van der Waals surface area contributed by atoms with Crippen molar-refractivity contribution in [3.8, 4) is 5.75 Å². The smallest absolute Gasteiger partial charge is 0.115 e. The van der Waals surface area contributed by atoms with Gasteiger partial charge in [0.05, 0.1) is 0 Å². The van der Waals surface area contributed by atoms with Crippen molar-refractivity contribution in [2.24, 2.45) is 0 Å². The fraction of sp³-hybridized carbons (Fsp3) is 0.455. The molecule has 2 heteroatoms. The molecule has 0 spiro atoms. The molecular formula is C11H17OP. The Bertz CT molecular complexity index is 239. The van der Waals surface area contributed by atoms with Gasteiger partial charge in [0.2, 0.25) is 0 Å². The van der Waals surface area contributed by atoms with E-state index in [1.165, 1.54) is 24.0 Å². The van der Waals surface area contributed by atoms with E-state index in [1.807, 2.05) is 12.1 Å². The van der Waals surface area contributed by atoms with Gasteiger partial charge in [-0.1, -0.05) is 26.0 Å². The zero-order valence-electron chi connectivity index (χ0n) is 8.33. The summed E-state index contributed by atoms with van der Waals surface area (Å²) in [7, 11) is 0.176. The Morgan fingerprint density at radius 1 is 1.08 bits per heavy atom. The highest BCUT2D eigenvalue weighted by atomic mass is 31.1. The molecule has 0 heterocycles. The molecule has 0 aliphatic rings. The zero-order valence-corrected chi connectivity index (χ0v) is 9.22. The average molecular weight is 196 g/mol. The molecule has 0 unspecified atom stereocenters. The van der Waals surface area contributed by atoms with E-state index in [2.05, 4.69) is 13.8 Å². The quantitative estimate of drug-likeness (QED) is 0.731. The van der Waals surface area contributed by atoms with E-state index < -0.39 is 0 Å². The van der Waals surface area contributed by atoms with Crippen molar-refractivity contribution in [3.05, 3.63) is 29.8 Å². The molecular weight excluding hydrogens is 179 g/mol. The number of hydrogen-bond donors (Lipinski definition) is 1. The van der Waals surface area contributed by atoms with Gasteiger partial charge < -0.3 is 5.11 Å². The van der Waals surface area contributed by atoms with E-state index in [0.717, 1.165) is 0 Å². The molecule has 1 rings (SSSR count). The van der Waals surface area contributed by atoms with E-state index in [9.17, 15) is 0 Å². The summed E-state index contributed by atoms with van der Waals surface area (Å²) in [5.74, 6) is 0.362. The Labute approximate surface area is 81.6 Å². The number of aromatic hydroxyl groups is 1. The number of rotatable bonds is 4. The average Bonchev–Trinajstić information content (AvgIpc) is 2.17. The molecule has 0 aliphatic carbocycles. The maximum Gasteiger partial charge on any atom is 0.115 e. The van der Waals surface area contributed by atoms with Crippen molar-refractivity contribution in [1.82, 2.24) is 0 Å². The molecule has 0 aromatic heterocycles. The van der Waals surface area contributed by atoms with Crippen molar-refractivity contribution in [2.45, 2.75) is 20.0 Å². The summed E-state index contributed by atoms with van der Waals surface area (Å²) in [6.07, 6.45) is 3.79. The van der Waals surface area contributed by atoms with Crippen molar-refractivity contribution < 1.29 is 5.11 Å². The summed E-state index contributed by atoms with van der Waals surface area (Å²) >= 11 is 0. The first-order valence-electron chi connectivity index (χ1n) is 4.76. The number of phenols is 1. The van der Waals surface area contributed by atoms with Crippen LogP contribution < -0.4 is 0 Å². The van der Waals surface area contributed by atoms with E-state index in [-0.39, 0.29) is 7.92 Å². The standard InChI is InChI=1S/C11H17OP/c1-3-13(4-2)9-10-5-7-11(12)8-6-10/h5-8,12H,3-4,9H2,1-2H3. The van der Waals surface area contributed by atoms with Crippen LogP contribution in [0.5, 0.6) is 5.75 Å². The highest BCUT2D eigenvalue weighted by molar-refractivity contribution is 7.56. The van der Waals surface area contributed by atoms with Crippen LogP contribution in [-0.2, 0) is 6.16 Å². The molecule has 72 valence electrons. The summed E-state index contributed by atoms with van der Waals surface area (Å²) in [6.45, 7) is 4.52. The topological polar surface area (TPSA) is 20.2 Å². The predicted molar refractivity (Wildman–Crippen MR) is 59.8 cm³/mol. The molecule has 0 atom stereocenters. The first-order chi connectivity index (χ1) is 6.26. The summed E-state index contributed by atoms with van der Waals surface area (Å²) < 4.78 is 0.